The minimum absolute atomic E-state index is 0. The third-order valence-electron chi connectivity index (χ3n) is 3.46. The van der Waals surface area contributed by atoms with Crippen LogP contribution in [-0.4, -0.2) is 25.1 Å². The zero-order chi connectivity index (χ0) is 16.7. The van der Waals surface area contributed by atoms with E-state index in [-0.39, 0.29) is 30.1 Å². The van der Waals surface area contributed by atoms with Crippen molar-refractivity contribution in [3.63, 3.8) is 0 Å². The quantitative estimate of drug-likeness (QED) is 0.753. The minimum atomic E-state index is -2.88. The van der Waals surface area contributed by atoms with Gasteiger partial charge in [0, 0.05) is 18.2 Å². The van der Waals surface area contributed by atoms with Crippen LogP contribution in [0.15, 0.2) is 12.1 Å². The first-order chi connectivity index (χ1) is 10.4. The number of unbranched alkanes of at least 4 members (excludes halogenated alkanes) is 1. The number of carbonyl (C=O) groups is 1. The summed E-state index contributed by atoms with van der Waals surface area (Å²) in [6.07, 6.45) is 2.84. The van der Waals surface area contributed by atoms with Crippen molar-refractivity contribution < 1.29 is 18.3 Å². The molecule has 1 aromatic carbocycles. The number of rotatable bonds is 8. The maximum atomic E-state index is 12.4. The van der Waals surface area contributed by atoms with Crippen LogP contribution in [0.3, 0.4) is 0 Å². The van der Waals surface area contributed by atoms with E-state index in [1.54, 1.807) is 26.0 Å². The Morgan fingerprint density at radius 2 is 1.87 bits per heavy atom. The number of nitrogens with one attached hydrogen (secondary N) is 1. The Bertz CT molecular complexity index is 490. The highest BCUT2D eigenvalue weighted by Crippen LogP contribution is 2.26. The molecule has 1 rings (SSSR count). The van der Waals surface area contributed by atoms with Crippen molar-refractivity contribution in [2.24, 2.45) is 5.73 Å². The van der Waals surface area contributed by atoms with Crippen molar-refractivity contribution in [3.05, 3.63) is 28.8 Å². The molecule has 3 N–H and O–H groups in total. The van der Waals surface area contributed by atoms with Crippen molar-refractivity contribution in [1.29, 1.82) is 0 Å². The molecule has 0 spiro atoms. The van der Waals surface area contributed by atoms with E-state index < -0.39 is 6.61 Å². The number of nitrogens with two attached hydrogens (primary N) is 1. The maximum absolute atomic E-state index is 12.4. The largest absolute Gasteiger partial charge is 0.434 e. The number of hydrogen-bond acceptors (Lipinski definition) is 3. The van der Waals surface area contributed by atoms with Gasteiger partial charge in [-0.25, -0.2) is 0 Å². The summed E-state index contributed by atoms with van der Waals surface area (Å²) >= 11 is 0. The van der Waals surface area contributed by atoms with E-state index in [1.165, 1.54) is 0 Å². The van der Waals surface area contributed by atoms with Gasteiger partial charge in [0.1, 0.15) is 5.75 Å². The van der Waals surface area contributed by atoms with Crippen molar-refractivity contribution >= 4 is 18.3 Å². The Morgan fingerprint density at radius 3 is 2.30 bits per heavy atom. The van der Waals surface area contributed by atoms with Crippen molar-refractivity contribution in [2.75, 3.05) is 6.54 Å². The zero-order valence-corrected chi connectivity index (χ0v) is 14.5. The molecule has 132 valence electrons. The molecule has 0 heterocycles. The van der Waals surface area contributed by atoms with Crippen LogP contribution in [0.1, 0.15) is 47.7 Å². The van der Waals surface area contributed by atoms with Gasteiger partial charge >= 0.3 is 6.61 Å². The highest BCUT2D eigenvalue weighted by atomic mass is 35.5. The molecule has 1 atom stereocenters. The van der Waals surface area contributed by atoms with Crippen LogP contribution >= 0.6 is 12.4 Å². The molecular formula is C16H25ClF2N2O2. The van der Waals surface area contributed by atoms with Crippen molar-refractivity contribution in [2.45, 2.75) is 52.7 Å². The number of aryl methyl sites for hydroxylation is 2. The Balaban J connectivity index is 0.00000484. The summed E-state index contributed by atoms with van der Waals surface area (Å²) in [5.74, 6) is -0.130. The van der Waals surface area contributed by atoms with Crippen LogP contribution < -0.4 is 15.8 Å². The fraction of sp³-hybridized carbons (Fsp3) is 0.562. The number of halogens is 3. The fourth-order valence-corrected chi connectivity index (χ4v) is 2.32. The number of amides is 1. The molecule has 1 amide bonds. The number of hydrogen-bond donors (Lipinski definition) is 2. The van der Waals surface area contributed by atoms with E-state index in [1.807, 2.05) is 0 Å². The molecule has 0 fully saturated rings. The molecule has 1 unspecified atom stereocenters. The predicted octanol–water partition coefficient (Wildman–Crippen LogP) is 3.57. The van der Waals surface area contributed by atoms with E-state index in [2.05, 4.69) is 17.0 Å². The highest BCUT2D eigenvalue weighted by Gasteiger charge is 2.16. The number of carbonyl (C=O) groups excluding carboxylic acids is 1. The Kier molecular flexibility index (Phi) is 9.76. The number of alkyl halides is 2. The van der Waals surface area contributed by atoms with Gasteiger partial charge in [0.05, 0.1) is 0 Å². The van der Waals surface area contributed by atoms with Gasteiger partial charge in [0.15, 0.2) is 0 Å². The first kappa shape index (κ1) is 21.6. The molecule has 1 aromatic rings. The monoisotopic (exact) mass is 350 g/mol. The van der Waals surface area contributed by atoms with Crippen LogP contribution in [0.2, 0.25) is 0 Å². The zero-order valence-electron chi connectivity index (χ0n) is 13.7. The molecule has 0 saturated heterocycles. The normalized spacial score (nSPS) is 11.8. The molecule has 0 aromatic heterocycles. The van der Waals surface area contributed by atoms with Gasteiger partial charge in [-0.15, -0.1) is 12.4 Å². The van der Waals surface area contributed by atoms with Gasteiger partial charge in [-0.3, -0.25) is 4.79 Å². The molecular weight excluding hydrogens is 326 g/mol. The van der Waals surface area contributed by atoms with E-state index in [9.17, 15) is 13.6 Å². The second-order valence-corrected chi connectivity index (χ2v) is 5.37. The summed E-state index contributed by atoms with van der Waals surface area (Å²) in [4.78, 5) is 12.3. The van der Waals surface area contributed by atoms with Crippen LogP contribution in [0.4, 0.5) is 8.78 Å². The molecule has 23 heavy (non-hydrogen) atoms. The van der Waals surface area contributed by atoms with Crippen LogP contribution in [0, 0.1) is 13.8 Å². The van der Waals surface area contributed by atoms with Crippen LogP contribution in [0.25, 0.3) is 0 Å². The lowest BCUT2D eigenvalue weighted by Gasteiger charge is -2.18. The van der Waals surface area contributed by atoms with E-state index >= 15 is 0 Å². The molecule has 0 aliphatic rings. The van der Waals surface area contributed by atoms with Gasteiger partial charge in [-0.2, -0.15) is 8.78 Å². The molecule has 0 radical (unpaired) electrons. The standard InChI is InChI=1S/C16H24F2N2O2.ClH/c1-4-5-6-13(9-19)20-15(21)12-7-10(2)14(11(3)8-12)22-16(17)18;/h7-8,13,16H,4-6,9,19H2,1-3H3,(H,20,21);1H. The predicted molar refractivity (Wildman–Crippen MR) is 89.6 cm³/mol. The lowest BCUT2D eigenvalue weighted by molar-refractivity contribution is -0.0507. The molecule has 0 aliphatic heterocycles. The topological polar surface area (TPSA) is 64.3 Å². The van der Waals surface area contributed by atoms with Gasteiger partial charge in [0.2, 0.25) is 0 Å². The summed E-state index contributed by atoms with van der Waals surface area (Å²) < 4.78 is 29.2. The van der Waals surface area contributed by atoms with Gasteiger partial charge < -0.3 is 15.8 Å². The van der Waals surface area contributed by atoms with Crippen LogP contribution in [-0.2, 0) is 0 Å². The average molecular weight is 351 g/mol. The van der Waals surface area contributed by atoms with E-state index in [0.717, 1.165) is 19.3 Å². The first-order valence-electron chi connectivity index (χ1n) is 7.46. The van der Waals surface area contributed by atoms with Gasteiger partial charge in [-0.1, -0.05) is 19.8 Å². The summed E-state index contributed by atoms with van der Waals surface area (Å²) in [6.45, 7) is 2.84. The van der Waals surface area contributed by atoms with E-state index in [4.69, 9.17) is 5.73 Å². The van der Waals surface area contributed by atoms with Crippen LogP contribution in [0.5, 0.6) is 5.75 Å². The molecule has 0 saturated carbocycles. The van der Waals surface area contributed by atoms with E-state index in [0.29, 0.717) is 23.2 Å². The molecule has 4 nitrogen and oxygen atoms in total. The smallest absolute Gasteiger partial charge is 0.387 e. The number of benzene rings is 1. The summed E-state index contributed by atoms with van der Waals surface area (Å²) in [5, 5.41) is 2.88. The van der Waals surface area contributed by atoms with Gasteiger partial charge in [-0.05, 0) is 43.5 Å². The lowest BCUT2D eigenvalue weighted by Crippen LogP contribution is -2.40. The molecule has 0 aliphatic carbocycles. The first-order valence-corrected chi connectivity index (χ1v) is 7.46. The third kappa shape index (κ3) is 6.71. The Hall–Kier alpha value is -1.40. The maximum Gasteiger partial charge on any atom is 0.387 e. The minimum Gasteiger partial charge on any atom is -0.434 e. The Labute approximate surface area is 142 Å². The summed E-state index contributed by atoms with van der Waals surface area (Å²) in [7, 11) is 0. The Morgan fingerprint density at radius 1 is 1.30 bits per heavy atom. The second kappa shape index (κ2) is 10.4. The lowest BCUT2D eigenvalue weighted by atomic mass is 10.0. The average Bonchev–Trinajstić information content (AvgIpc) is 2.46. The third-order valence-corrected chi connectivity index (χ3v) is 3.46. The van der Waals surface area contributed by atoms with Crippen molar-refractivity contribution in [3.8, 4) is 5.75 Å². The highest BCUT2D eigenvalue weighted by molar-refractivity contribution is 5.95. The second-order valence-electron chi connectivity index (χ2n) is 5.37. The summed E-state index contributed by atoms with van der Waals surface area (Å²) in [5.41, 5.74) is 7.09. The summed E-state index contributed by atoms with van der Waals surface area (Å²) in [6, 6.07) is 3.02. The van der Waals surface area contributed by atoms with Gasteiger partial charge in [0.25, 0.3) is 5.91 Å². The SMILES string of the molecule is CCCCC(CN)NC(=O)c1cc(C)c(OC(F)F)c(C)c1.Cl. The number of ether oxygens (including phenoxy) is 1. The fourth-order valence-electron chi connectivity index (χ4n) is 2.32. The van der Waals surface area contributed by atoms with Crippen molar-refractivity contribution in [1.82, 2.24) is 5.32 Å². The molecule has 0 bridgehead atoms. The molecule has 7 heteroatoms.